The van der Waals surface area contributed by atoms with Crippen molar-refractivity contribution in [3.05, 3.63) is 35.4 Å². The van der Waals surface area contributed by atoms with Crippen molar-refractivity contribution < 1.29 is 4.79 Å². The minimum Gasteiger partial charge on any atom is -0.303 e. The fourth-order valence-electron chi connectivity index (χ4n) is 2.18. The van der Waals surface area contributed by atoms with Gasteiger partial charge < -0.3 is 4.79 Å². The summed E-state index contributed by atoms with van der Waals surface area (Å²) in [6, 6.07) is 8.34. The van der Waals surface area contributed by atoms with Crippen molar-refractivity contribution in [2.24, 2.45) is 5.92 Å². The molecule has 2 unspecified atom stereocenters. The topological polar surface area (TPSA) is 17.1 Å². The molecule has 2 heteroatoms. The highest BCUT2D eigenvalue weighted by Crippen LogP contribution is 2.34. The molecule has 1 aliphatic rings. The fraction of sp³-hybridized carbons (Fsp3) is 0.462. The molecule has 0 saturated carbocycles. The van der Waals surface area contributed by atoms with Gasteiger partial charge in [0.1, 0.15) is 6.29 Å². The highest BCUT2D eigenvalue weighted by atomic mass is 32.2. The van der Waals surface area contributed by atoms with Crippen molar-refractivity contribution in [3.8, 4) is 0 Å². The van der Waals surface area contributed by atoms with E-state index >= 15 is 0 Å². The molecular formula is C13H16OS. The Hall–Kier alpha value is -0.760. The van der Waals surface area contributed by atoms with Crippen molar-refractivity contribution in [1.82, 2.24) is 0 Å². The van der Waals surface area contributed by atoms with E-state index in [0.717, 1.165) is 12.0 Å². The number of hydrogen-bond acceptors (Lipinski definition) is 2. The number of benzene rings is 1. The number of carbonyl (C=O) groups excluding carboxylic acids is 1. The third kappa shape index (κ3) is 2.43. The predicted octanol–water partition coefficient (Wildman–Crippen LogP) is 3.03. The molecule has 0 amide bonds. The molecule has 0 spiro atoms. The van der Waals surface area contributed by atoms with Crippen LogP contribution in [-0.2, 0) is 4.79 Å². The van der Waals surface area contributed by atoms with Gasteiger partial charge in [-0.15, -0.1) is 0 Å². The zero-order chi connectivity index (χ0) is 10.7. The summed E-state index contributed by atoms with van der Waals surface area (Å²) < 4.78 is 0. The Bertz CT molecular complexity index is 342. The van der Waals surface area contributed by atoms with E-state index in [4.69, 9.17) is 0 Å². The van der Waals surface area contributed by atoms with Crippen LogP contribution in [-0.4, -0.2) is 17.8 Å². The molecule has 0 aromatic heterocycles. The molecule has 2 rings (SSSR count). The monoisotopic (exact) mass is 220 g/mol. The van der Waals surface area contributed by atoms with Crippen LogP contribution in [0, 0.1) is 12.8 Å². The molecule has 2 atom stereocenters. The average molecular weight is 220 g/mol. The minimum absolute atomic E-state index is 0.111. The molecule has 1 aromatic carbocycles. The molecule has 0 radical (unpaired) electrons. The van der Waals surface area contributed by atoms with Gasteiger partial charge in [-0.3, -0.25) is 0 Å². The van der Waals surface area contributed by atoms with Gasteiger partial charge in [0.2, 0.25) is 0 Å². The maximum atomic E-state index is 11.2. The molecule has 0 N–H and O–H groups in total. The number of aldehydes is 1. The van der Waals surface area contributed by atoms with Gasteiger partial charge in [0.15, 0.2) is 0 Å². The van der Waals surface area contributed by atoms with E-state index in [0.29, 0.717) is 5.92 Å². The third-order valence-corrected chi connectivity index (χ3v) is 4.23. The van der Waals surface area contributed by atoms with Crippen LogP contribution in [0.3, 0.4) is 0 Å². The Kier molecular flexibility index (Phi) is 3.47. The SMILES string of the molecule is Cc1cccc(C(C=O)C2CCSC2)c1. The lowest BCUT2D eigenvalue weighted by atomic mass is 9.86. The van der Waals surface area contributed by atoms with Gasteiger partial charge in [0.25, 0.3) is 0 Å². The van der Waals surface area contributed by atoms with Gasteiger partial charge >= 0.3 is 0 Å². The normalized spacial score (nSPS) is 22.6. The predicted molar refractivity (Wildman–Crippen MR) is 65.4 cm³/mol. The summed E-state index contributed by atoms with van der Waals surface area (Å²) in [4.78, 5) is 11.2. The fourth-order valence-corrected chi connectivity index (χ4v) is 3.49. The quantitative estimate of drug-likeness (QED) is 0.728. The minimum atomic E-state index is 0.111. The molecule has 1 fully saturated rings. The Labute approximate surface area is 95.3 Å². The van der Waals surface area contributed by atoms with Gasteiger partial charge in [-0.05, 0) is 36.3 Å². The van der Waals surface area contributed by atoms with Crippen LogP contribution in [0.4, 0.5) is 0 Å². The Balaban J connectivity index is 2.21. The van der Waals surface area contributed by atoms with Crippen molar-refractivity contribution in [2.45, 2.75) is 19.3 Å². The summed E-state index contributed by atoms with van der Waals surface area (Å²) in [6.45, 7) is 2.08. The van der Waals surface area contributed by atoms with Gasteiger partial charge in [-0.2, -0.15) is 11.8 Å². The summed E-state index contributed by atoms with van der Waals surface area (Å²) >= 11 is 1.97. The van der Waals surface area contributed by atoms with Crippen molar-refractivity contribution in [3.63, 3.8) is 0 Å². The van der Waals surface area contributed by atoms with E-state index in [-0.39, 0.29) is 5.92 Å². The van der Waals surface area contributed by atoms with Crippen LogP contribution >= 0.6 is 11.8 Å². The maximum Gasteiger partial charge on any atom is 0.127 e. The van der Waals surface area contributed by atoms with E-state index in [1.807, 2.05) is 17.8 Å². The Morgan fingerprint density at radius 2 is 2.40 bits per heavy atom. The van der Waals surface area contributed by atoms with Crippen molar-refractivity contribution in [1.29, 1.82) is 0 Å². The van der Waals surface area contributed by atoms with Crippen molar-refractivity contribution in [2.75, 3.05) is 11.5 Å². The average Bonchev–Trinajstić information content (AvgIpc) is 2.72. The van der Waals surface area contributed by atoms with E-state index in [9.17, 15) is 4.79 Å². The summed E-state index contributed by atoms with van der Waals surface area (Å²) in [7, 11) is 0. The number of thioether (sulfide) groups is 1. The van der Waals surface area contributed by atoms with E-state index in [1.165, 1.54) is 23.3 Å². The molecular weight excluding hydrogens is 204 g/mol. The lowest BCUT2D eigenvalue weighted by Gasteiger charge is -2.17. The van der Waals surface area contributed by atoms with Crippen molar-refractivity contribution >= 4 is 18.0 Å². The van der Waals surface area contributed by atoms with Crippen LogP contribution in [0.1, 0.15) is 23.5 Å². The smallest absolute Gasteiger partial charge is 0.127 e. The van der Waals surface area contributed by atoms with E-state index < -0.39 is 0 Å². The molecule has 1 nitrogen and oxygen atoms in total. The number of aryl methyl sites for hydroxylation is 1. The first-order chi connectivity index (χ1) is 7.31. The second-order valence-electron chi connectivity index (χ2n) is 4.20. The number of carbonyl (C=O) groups is 1. The van der Waals surface area contributed by atoms with Crippen LogP contribution in [0.25, 0.3) is 0 Å². The molecule has 1 saturated heterocycles. The molecule has 1 aliphatic heterocycles. The molecule has 0 aliphatic carbocycles. The lowest BCUT2D eigenvalue weighted by molar-refractivity contribution is -0.109. The summed E-state index contributed by atoms with van der Waals surface area (Å²) in [6.07, 6.45) is 2.31. The van der Waals surface area contributed by atoms with Gasteiger partial charge in [-0.25, -0.2) is 0 Å². The van der Waals surface area contributed by atoms with Gasteiger partial charge in [0, 0.05) is 5.92 Å². The first-order valence-corrected chi connectivity index (χ1v) is 6.56. The van der Waals surface area contributed by atoms with Gasteiger partial charge in [-0.1, -0.05) is 29.8 Å². The lowest BCUT2D eigenvalue weighted by Crippen LogP contribution is -2.13. The number of rotatable bonds is 3. The molecule has 1 aromatic rings. The second-order valence-corrected chi connectivity index (χ2v) is 5.35. The summed E-state index contributed by atoms with van der Waals surface area (Å²) in [5, 5.41) is 0. The maximum absolute atomic E-state index is 11.2. The first-order valence-electron chi connectivity index (χ1n) is 5.41. The molecule has 15 heavy (non-hydrogen) atoms. The van der Waals surface area contributed by atoms with E-state index in [2.05, 4.69) is 25.1 Å². The van der Waals surface area contributed by atoms with Crippen LogP contribution in [0.5, 0.6) is 0 Å². The second kappa shape index (κ2) is 4.84. The van der Waals surface area contributed by atoms with Crippen LogP contribution in [0.2, 0.25) is 0 Å². The zero-order valence-electron chi connectivity index (χ0n) is 8.98. The third-order valence-electron chi connectivity index (χ3n) is 3.05. The summed E-state index contributed by atoms with van der Waals surface area (Å²) in [5.74, 6) is 3.01. The van der Waals surface area contributed by atoms with Gasteiger partial charge in [0.05, 0.1) is 0 Å². The number of hydrogen-bond donors (Lipinski definition) is 0. The largest absolute Gasteiger partial charge is 0.303 e. The Morgan fingerprint density at radius 3 is 3.00 bits per heavy atom. The summed E-state index contributed by atoms with van der Waals surface area (Å²) in [5.41, 5.74) is 2.43. The zero-order valence-corrected chi connectivity index (χ0v) is 9.80. The molecule has 80 valence electrons. The van der Waals surface area contributed by atoms with Crippen LogP contribution < -0.4 is 0 Å². The molecule has 0 bridgehead atoms. The highest BCUT2D eigenvalue weighted by Gasteiger charge is 2.26. The Morgan fingerprint density at radius 1 is 1.53 bits per heavy atom. The molecule has 1 heterocycles. The van der Waals surface area contributed by atoms with E-state index in [1.54, 1.807) is 0 Å². The highest BCUT2D eigenvalue weighted by molar-refractivity contribution is 7.99. The standard InChI is InChI=1S/C13H16OS/c1-10-3-2-4-11(7-10)13(8-14)12-5-6-15-9-12/h2-4,7-8,12-13H,5-6,9H2,1H3. The first kappa shape index (κ1) is 10.7. The van der Waals surface area contributed by atoms with Crippen LogP contribution in [0.15, 0.2) is 24.3 Å².